The summed E-state index contributed by atoms with van der Waals surface area (Å²) in [6.07, 6.45) is -1.92. The SMILES string of the molecule is C[C@@H](OC(=O)[C@@H]1COc2ccccc2O1)C(=O)Nc1ccccc1-c1ccccc1. The van der Waals surface area contributed by atoms with Gasteiger partial charge >= 0.3 is 5.97 Å². The van der Waals surface area contributed by atoms with Crippen LogP contribution in [0.5, 0.6) is 11.5 Å². The van der Waals surface area contributed by atoms with E-state index in [0.29, 0.717) is 17.2 Å². The van der Waals surface area contributed by atoms with Crippen molar-refractivity contribution in [3.8, 4) is 22.6 Å². The number of para-hydroxylation sites is 3. The van der Waals surface area contributed by atoms with Gasteiger partial charge in [-0.1, -0.05) is 60.7 Å². The number of rotatable bonds is 5. The maximum atomic E-state index is 12.7. The molecule has 0 saturated carbocycles. The average Bonchev–Trinajstić information content (AvgIpc) is 2.79. The number of carbonyl (C=O) groups excluding carboxylic acids is 2. The highest BCUT2D eigenvalue weighted by atomic mass is 16.6. The Balaban J connectivity index is 1.40. The summed E-state index contributed by atoms with van der Waals surface area (Å²) in [7, 11) is 0. The summed E-state index contributed by atoms with van der Waals surface area (Å²) in [6, 6.07) is 24.3. The van der Waals surface area contributed by atoms with Crippen LogP contribution < -0.4 is 14.8 Å². The van der Waals surface area contributed by atoms with Crippen LogP contribution in [0.2, 0.25) is 0 Å². The molecule has 1 amide bonds. The second-order valence-corrected chi connectivity index (χ2v) is 6.84. The maximum absolute atomic E-state index is 12.7. The van der Waals surface area contributed by atoms with E-state index in [0.717, 1.165) is 11.1 Å². The second kappa shape index (κ2) is 8.69. The topological polar surface area (TPSA) is 73.9 Å². The van der Waals surface area contributed by atoms with E-state index >= 15 is 0 Å². The fourth-order valence-corrected chi connectivity index (χ4v) is 3.14. The highest BCUT2D eigenvalue weighted by Gasteiger charge is 2.31. The molecule has 0 aromatic heterocycles. The van der Waals surface area contributed by atoms with Crippen molar-refractivity contribution in [2.45, 2.75) is 19.1 Å². The van der Waals surface area contributed by atoms with Crippen molar-refractivity contribution in [3.05, 3.63) is 78.9 Å². The van der Waals surface area contributed by atoms with E-state index in [1.165, 1.54) is 6.92 Å². The molecule has 0 fully saturated rings. The van der Waals surface area contributed by atoms with Gasteiger partial charge < -0.3 is 19.5 Å². The molecule has 0 unspecified atom stereocenters. The summed E-state index contributed by atoms with van der Waals surface area (Å²) < 4.78 is 16.5. The zero-order chi connectivity index (χ0) is 20.9. The molecule has 4 rings (SSSR count). The van der Waals surface area contributed by atoms with Crippen molar-refractivity contribution < 1.29 is 23.8 Å². The monoisotopic (exact) mass is 403 g/mol. The number of benzene rings is 3. The van der Waals surface area contributed by atoms with E-state index in [1.54, 1.807) is 18.2 Å². The standard InChI is InChI=1S/C24H21NO5/c1-16(29-24(27)22-15-28-20-13-7-8-14-21(20)30-22)23(26)25-19-12-6-5-11-18(19)17-9-3-2-4-10-17/h2-14,16,22H,15H2,1H3,(H,25,26)/t16-,22+/m1/s1. The Kier molecular flexibility index (Phi) is 5.66. The van der Waals surface area contributed by atoms with Crippen molar-refractivity contribution in [1.29, 1.82) is 0 Å². The summed E-state index contributed by atoms with van der Waals surface area (Å²) in [4.78, 5) is 25.1. The summed E-state index contributed by atoms with van der Waals surface area (Å²) in [5.41, 5.74) is 2.50. The molecule has 152 valence electrons. The van der Waals surface area contributed by atoms with E-state index in [9.17, 15) is 9.59 Å². The first-order valence-electron chi connectivity index (χ1n) is 9.66. The van der Waals surface area contributed by atoms with Crippen LogP contribution in [0.15, 0.2) is 78.9 Å². The van der Waals surface area contributed by atoms with E-state index in [4.69, 9.17) is 14.2 Å². The number of nitrogens with one attached hydrogen (secondary N) is 1. The third kappa shape index (κ3) is 4.27. The highest BCUT2D eigenvalue weighted by Crippen LogP contribution is 2.31. The molecule has 30 heavy (non-hydrogen) atoms. The summed E-state index contributed by atoms with van der Waals surface area (Å²) in [5, 5.41) is 2.84. The zero-order valence-electron chi connectivity index (χ0n) is 16.4. The Morgan fingerprint density at radius 2 is 1.60 bits per heavy atom. The lowest BCUT2D eigenvalue weighted by Gasteiger charge is -2.26. The number of anilines is 1. The number of carbonyl (C=O) groups is 2. The van der Waals surface area contributed by atoms with Crippen LogP contribution in [0, 0.1) is 0 Å². The van der Waals surface area contributed by atoms with Crippen molar-refractivity contribution in [2.24, 2.45) is 0 Å². The minimum absolute atomic E-state index is 0.0288. The van der Waals surface area contributed by atoms with Gasteiger partial charge in [-0.3, -0.25) is 4.79 Å². The van der Waals surface area contributed by atoms with Gasteiger partial charge in [0.1, 0.15) is 6.61 Å². The van der Waals surface area contributed by atoms with Gasteiger partial charge in [-0.15, -0.1) is 0 Å². The minimum atomic E-state index is -0.998. The first-order valence-corrected chi connectivity index (χ1v) is 9.66. The number of hydrogen-bond donors (Lipinski definition) is 1. The molecule has 0 saturated heterocycles. The van der Waals surface area contributed by atoms with E-state index < -0.39 is 24.1 Å². The van der Waals surface area contributed by atoms with Gasteiger partial charge in [0.2, 0.25) is 6.10 Å². The van der Waals surface area contributed by atoms with Crippen molar-refractivity contribution in [3.63, 3.8) is 0 Å². The van der Waals surface area contributed by atoms with Crippen LogP contribution >= 0.6 is 0 Å². The Labute approximate surface area is 174 Å². The largest absolute Gasteiger partial charge is 0.485 e. The average molecular weight is 403 g/mol. The molecule has 1 N–H and O–H groups in total. The molecular formula is C24H21NO5. The zero-order valence-corrected chi connectivity index (χ0v) is 16.4. The highest BCUT2D eigenvalue weighted by molar-refractivity contribution is 5.98. The predicted molar refractivity (Wildman–Crippen MR) is 112 cm³/mol. The quantitative estimate of drug-likeness (QED) is 0.651. The van der Waals surface area contributed by atoms with Gasteiger partial charge in [0.25, 0.3) is 5.91 Å². The van der Waals surface area contributed by atoms with Gasteiger partial charge in [-0.25, -0.2) is 4.79 Å². The van der Waals surface area contributed by atoms with Crippen LogP contribution in [-0.2, 0) is 14.3 Å². The van der Waals surface area contributed by atoms with Crippen molar-refractivity contribution in [1.82, 2.24) is 0 Å². The predicted octanol–water partition coefficient (Wildman–Crippen LogP) is 4.06. The first-order chi connectivity index (χ1) is 14.6. The van der Waals surface area contributed by atoms with Gasteiger partial charge in [0.15, 0.2) is 17.6 Å². The molecule has 0 spiro atoms. The molecule has 0 radical (unpaired) electrons. The smallest absolute Gasteiger partial charge is 0.351 e. The van der Waals surface area contributed by atoms with Gasteiger partial charge in [0, 0.05) is 11.3 Å². The van der Waals surface area contributed by atoms with Gasteiger partial charge in [-0.2, -0.15) is 0 Å². The lowest BCUT2D eigenvalue weighted by Crippen LogP contribution is -2.41. The van der Waals surface area contributed by atoms with Gasteiger partial charge in [-0.05, 0) is 30.7 Å². The van der Waals surface area contributed by atoms with Crippen LogP contribution in [0.4, 0.5) is 5.69 Å². The summed E-state index contributed by atoms with van der Waals surface area (Å²) in [6.45, 7) is 1.55. The van der Waals surface area contributed by atoms with E-state index in [2.05, 4.69) is 5.32 Å². The van der Waals surface area contributed by atoms with Crippen LogP contribution in [0.3, 0.4) is 0 Å². The maximum Gasteiger partial charge on any atom is 0.351 e. The first kappa shape index (κ1) is 19.5. The fraction of sp³-hybridized carbons (Fsp3) is 0.167. The normalized spacial score (nSPS) is 15.7. The third-order valence-electron chi connectivity index (χ3n) is 4.70. The number of hydrogen-bond acceptors (Lipinski definition) is 5. The van der Waals surface area contributed by atoms with Crippen molar-refractivity contribution in [2.75, 3.05) is 11.9 Å². The van der Waals surface area contributed by atoms with E-state index in [-0.39, 0.29) is 6.61 Å². The third-order valence-corrected chi connectivity index (χ3v) is 4.70. The lowest BCUT2D eigenvalue weighted by atomic mass is 10.0. The molecule has 0 bridgehead atoms. The Morgan fingerprint density at radius 1 is 0.933 bits per heavy atom. The van der Waals surface area contributed by atoms with Crippen LogP contribution in [-0.4, -0.2) is 30.7 Å². The summed E-state index contributed by atoms with van der Waals surface area (Å²) in [5.74, 6) is -0.0307. The number of amides is 1. The van der Waals surface area contributed by atoms with Crippen LogP contribution in [0.25, 0.3) is 11.1 Å². The Hall–Kier alpha value is -3.80. The molecule has 1 heterocycles. The van der Waals surface area contributed by atoms with E-state index in [1.807, 2.05) is 60.7 Å². The number of ether oxygens (including phenoxy) is 3. The second-order valence-electron chi connectivity index (χ2n) is 6.84. The van der Waals surface area contributed by atoms with Gasteiger partial charge in [0.05, 0.1) is 0 Å². The minimum Gasteiger partial charge on any atom is -0.485 e. The molecule has 6 nitrogen and oxygen atoms in total. The molecule has 1 aliphatic heterocycles. The molecular weight excluding hydrogens is 382 g/mol. The molecule has 3 aromatic carbocycles. The molecule has 3 aromatic rings. The number of esters is 1. The molecule has 2 atom stereocenters. The number of fused-ring (bicyclic) bond motifs is 1. The van der Waals surface area contributed by atoms with Crippen molar-refractivity contribution >= 4 is 17.6 Å². The Morgan fingerprint density at radius 3 is 2.40 bits per heavy atom. The fourth-order valence-electron chi connectivity index (χ4n) is 3.14. The molecule has 6 heteroatoms. The Bertz CT molecular complexity index is 1050. The molecule has 0 aliphatic carbocycles. The lowest BCUT2D eigenvalue weighted by molar-refractivity contribution is -0.162. The molecule has 1 aliphatic rings. The van der Waals surface area contributed by atoms with Crippen LogP contribution in [0.1, 0.15) is 6.92 Å². The summed E-state index contributed by atoms with van der Waals surface area (Å²) >= 11 is 0.